The summed E-state index contributed by atoms with van der Waals surface area (Å²) in [5.74, 6) is 0.409. The van der Waals surface area contributed by atoms with Crippen molar-refractivity contribution < 1.29 is 9.59 Å². The maximum Gasteiger partial charge on any atom is 0.197 e. The van der Waals surface area contributed by atoms with E-state index in [-0.39, 0.29) is 17.1 Å². The van der Waals surface area contributed by atoms with E-state index in [1.807, 2.05) is 73.8 Å². The van der Waals surface area contributed by atoms with E-state index in [4.69, 9.17) is 0 Å². The van der Waals surface area contributed by atoms with Crippen molar-refractivity contribution in [3.63, 3.8) is 0 Å². The van der Waals surface area contributed by atoms with Crippen molar-refractivity contribution in [1.29, 1.82) is 0 Å². The number of para-hydroxylation sites is 2. The maximum atomic E-state index is 13.2. The largest absolute Gasteiger partial charge is 0.340 e. The van der Waals surface area contributed by atoms with E-state index < -0.39 is 0 Å². The summed E-state index contributed by atoms with van der Waals surface area (Å²) in [4.78, 5) is 36.2. The lowest BCUT2D eigenvalue weighted by molar-refractivity contribution is 0.0990. The minimum absolute atomic E-state index is 0.214. The summed E-state index contributed by atoms with van der Waals surface area (Å²) in [5, 5.41) is 2.87. The van der Waals surface area contributed by atoms with Gasteiger partial charge in [0, 0.05) is 29.2 Å². The van der Waals surface area contributed by atoms with Crippen LogP contribution in [0.15, 0.2) is 96.7 Å². The summed E-state index contributed by atoms with van der Waals surface area (Å²) in [6, 6.07) is 27.6. The van der Waals surface area contributed by atoms with Gasteiger partial charge < -0.3 is 4.90 Å². The van der Waals surface area contributed by atoms with E-state index in [1.54, 1.807) is 12.3 Å². The molecule has 5 nitrogen and oxygen atoms in total. The highest BCUT2D eigenvalue weighted by Gasteiger charge is 2.34. The van der Waals surface area contributed by atoms with Crippen LogP contribution in [0.4, 0.5) is 27.9 Å². The fourth-order valence-electron chi connectivity index (χ4n) is 5.05. The molecule has 1 aliphatic carbocycles. The van der Waals surface area contributed by atoms with Gasteiger partial charge in [-0.1, -0.05) is 36.4 Å². The molecule has 0 saturated heterocycles. The molecule has 2 aromatic heterocycles. The van der Waals surface area contributed by atoms with E-state index in [1.165, 1.54) is 11.3 Å². The topological polar surface area (TPSA) is 53.5 Å². The van der Waals surface area contributed by atoms with Crippen LogP contribution in [0.3, 0.4) is 0 Å². The standard InChI is InChI=1S/C30H19N3O2S/c1-32-24-9-4-5-10-25(24)33(30-26(32)11-6-14-31-30)27-13-12-20(36-27)17-23-28(34)21-15-18-7-2-3-8-19(18)16-22(21)29(23)35/h2-17H,1H3. The molecule has 172 valence electrons. The second-order valence-corrected chi connectivity index (χ2v) is 9.96. The number of Topliss-reactive ketones (excluding diaryl/α,β-unsaturated/α-hetero) is 2. The molecule has 0 bridgehead atoms. The van der Waals surface area contributed by atoms with E-state index in [0.29, 0.717) is 11.1 Å². The summed E-state index contributed by atoms with van der Waals surface area (Å²) in [7, 11) is 2.04. The molecule has 0 unspecified atom stereocenters. The van der Waals surface area contributed by atoms with Gasteiger partial charge in [-0.15, -0.1) is 11.3 Å². The smallest absolute Gasteiger partial charge is 0.197 e. The lowest BCUT2D eigenvalue weighted by atomic mass is 10.0. The van der Waals surface area contributed by atoms with E-state index >= 15 is 0 Å². The molecular formula is C30H19N3O2S. The number of thiophene rings is 1. The van der Waals surface area contributed by atoms with Gasteiger partial charge >= 0.3 is 0 Å². The van der Waals surface area contributed by atoms with Crippen molar-refractivity contribution in [2.45, 2.75) is 0 Å². The Balaban J connectivity index is 1.30. The zero-order valence-corrected chi connectivity index (χ0v) is 20.1. The highest BCUT2D eigenvalue weighted by molar-refractivity contribution is 7.17. The van der Waals surface area contributed by atoms with Crippen molar-refractivity contribution in [3.8, 4) is 0 Å². The number of allylic oxidation sites excluding steroid dienone is 1. The number of pyridine rings is 1. The third-order valence-electron chi connectivity index (χ3n) is 6.81. The first-order valence-corrected chi connectivity index (χ1v) is 12.4. The predicted octanol–water partition coefficient (Wildman–Crippen LogP) is 7.31. The molecule has 7 rings (SSSR count). The zero-order chi connectivity index (χ0) is 24.4. The van der Waals surface area contributed by atoms with Crippen molar-refractivity contribution in [3.05, 3.63) is 113 Å². The summed E-state index contributed by atoms with van der Waals surface area (Å²) in [6.07, 6.45) is 3.52. The second kappa shape index (κ2) is 7.73. The minimum atomic E-state index is -0.215. The lowest BCUT2D eigenvalue weighted by Gasteiger charge is -2.36. The SMILES string of the molecule is CN1c2ccccc2N(c2ccc(C=C3C(=O)c4cc5ccccc5cc4C3=O)s2)c2ncccc21. The monoisotopic (exact) mass is 485 g/mol. The first-order valence-electron chi connectivity index (χ1n) is 11.6. The highest BCUT2D eigenvalue weighted by Crippen LogP contribution is 2.51. The number of carbonyl (C=O) groups excluding carboxylic acids is 2. The normalized spacial score (nSPS) is 14.2. The minimum Gasteiger partial charge on any atom is -0.340 e. The molecule has 0 N–H and O–H groups in total. The molecule has 6 heteroatoms. The Labute approximate surface area is 211 Å². The van der Waals surface area contributed by atoms with Gasteiger partial charge in [-0.3, -0.25) is 14.5 Å². The molecule has 1 aliphatic heterocycles. The quantitative estimate of drug-likeness (QED) is 0.194. The average molecular weight is 486 g/mol. The van der Waals surface area contributed by atoms with Gasteiger partial charge in [-0.05, 0) is 65.4 Å². The van der Waals surface area contributed by atoms with E-state index in [9.17, 15) is 9.59 Å². The van der Waals surface area contributed by atoms with Gasteiger partial charge in [-0.2, -0.15) is 0 Å². The van der Waals surface area contributed by atoms with E-state index in [0.717, 1.165) is 43.5 Å². The number of benzene rings is 3. The Morgan fingerprint density at radius 3 is 2.11 bits per heavy atom. The Bertz CT molecular complexity index is 1660. The number of carbonyl (C=O) groups is 2. The third kappa shape index (κ3) is 2.98. The van der Waals surface area contributed by atoms with Crippen molar-refractivity contribution in [2.24, 2.45) is 0 Å². The average Bonchev–Trinajstić information content (AvgIpc) is 3.46. The Hall–Kier alpha value is -4.55. The first-order chi connectivity index (χ1) is 17.6. The number of aromatic nitrogens is 1. The summed E-state index contributed by atoms with van der Waals surface area (Å²) < 4.78 is 0. The van der Waals surface area contributed by atoms with Crippen molar-refractivity contribution >= 4 is 67.6 Å². The molecule has 0 atom stereocenters. The number of rotatable bonds is 2. The molecule has 0 radical (unpaired) electrons. The van der Waals surface area contributed by atoms with Crippen LogP contribution in [0, 0.1) is 0 Å². The van der Waals surface area contributed by atoms with Crippen molar-refractivity contribution in [1.82, 2.24) is 4.98 Å². The number of hydrogen-bond donors (Lipinski definition) is 0. The summed E-state index contributed by atoms with van der Waals surface area (Å²) in [5.41, 5.74) is 4.29. The van der Waals surface area contributed by atoms with Crippen LogP contribution in [0.2, 0.25) is 0 Å². The van der Waals surface area contributed by atoms with Crippen LogP contribution < -0.4 is 9.80 Å². The van der Waals surface area contributed by atoms with Gasteiger partial charge in [-0.25, -0.2) is 4.98 Å². The fraction of sp³-hybridized carbons (Fsp3) is 0.0333. The Kier molecular flexibility index (Phi) is 4.46. The van der Waals surface area contributed by atoms with Gasteiger partial charge in [0.1, 0.15) is 5.00 Å². The molecular weight excluding hydrogens is 466 g/mol. The van der Waals surface area contributed by atoms with Gasteiger partial charge in [0.2, 0.25) is 0 Å². The van der Waals surface area contributed by atoms with Crippen molar-refractivity contribution in [2.75, 3.05) is 16.8 Å². The van der Waals surface area contributed by atoms with Crippen LogP contribution in [-0.4, -0.2) is 23.6 Å². The van der Waals surface area contributed by atoms with Crippen LogP contribution in [0.1, 0.15) is 25.6 Å². The van der Waals surface area contributed by atoms with Crippen LogP contribution in [-0.2, 0) is 0 Å². The van der Waals surface area contributed by atoms with Crippen LogP contribution >= 0.6 is 11.3 Å². The molecule has 0 saturated carbocycles. The van der Waals surface area contributed by atoms with Crippen LogP contribution in [0.5, 0.6) is 0 Å². The predicted molar refractivity (Wildman–Crippen MR) is 145 cm³/mol. The maximum absolute atomic E-state index is 13.2. The van der Waals surface area contributed by atoms with Gasteiger partial charge in [0.05, 0.1) is 22.6 Å². The first kappa shape index (κ1) is 20.8. The molecule has 0 amide bonds. The molecule has 0 fully saturated rings. The number of ketones is 2. The number of fused-ring (bicyclic) bond motifs is 4. The number of anilines is 5. The molecule has 0 spiro atoms. The molecule has 3 heterocycles. The molecule has 5 aromatic rings. The highest BCUT2D eigenvalue weighted by atomic mass is 32.1. The second-order valence-electron chi connectivity index (χ2n) is 8.87. The van der Waals surface area contributed by atoms with E-state index in [2.05, 4.69) is 33.0 Å². The number of hydrogen-bond acceptors (Lipinski definition) is 6. The van der Waals surface area contributed by atoms with Crippen LogP contribution in [0.25, 0.3) is 16.8 Å². The summed E-state index contributed by atoms with van der Waals surface area (Å²) in [6.45, 7) is 0. The molecule has 3 aromatic carbocycles. The van der Waals surface area contributed by atoms with Gasteiger partial charge in [0.15, 0.2) is 17.4 Å². The summed E-state index contributed by atoms with van der Waals surface area (Å²) >= 11 is 1.53. The Morgan fingerprint density at radius 1 is 0.750 bits per heavy atom. The molecule has 36 heavy (non-hydrogen) atoms. The molecule has 2 aliphatic rings. The zero-order valence-electron chi connectivity index (χ0n) is 19.3. The fourth-order valence-corrected chi connectivity index (χ4v) is 6.02. The number of nitrogens with zero attached hydrogens (tertiary/aromatic N) is 3. The third-order valence-corrected chi connectivity index (χ3v) is 7.82. The Morgan fingerprint density at radius 2 is 1.39 bits per heavy atom. The van der Waals surface area contributed by atoms with Gasteiger partial charge in [0.25, 0.3) is 0 Å². The lowest BCUT2D eigenvalue weighted by Crippen LogP contribution is -2.24.